The number of benzene rings is 2. The maximum Gasteiger partial charge on any atom is 0.255 e. The lowest BCUT2D eigenvalue weighted by Gasteiger charge is -2.05. The lowest BCUT2D eigenvalue weighted by Crippen LogP contribution is -2.11. The molecule has 0 unspecified atom stereocenters. The molecule has 7 heteroatoms. The highest BCUT2D eigenvalue weighted by Gasteiger charge is 2.10. The maximum absolute atomic E-state index is 12.4. The monoisotopic (exact) mass is 319 g/mol. The molecule has 2 heterocycles. The number of aromatic nitrogens is 4. The molecule has 0 aliphatic heterocycles. The van der Waals surface area contributed by atoms with Crippen LogP contribution in [0.4, 0.5) is 5.69 Å². The Hall–Kier alpha value is -3.48. The molecule has 2 N–H and O–H groups in total. The number of nitrogens with one attached hydrogen (secondary N) is 2. The zero-order chi connectivity index (χ0) is 16.5. The SMILES string of the molecule is Cc1nnc(-c2ccc(C(=O)Nc3ccc4cn[nH]c4c3)cc2)o1. The molecule has 7 nitrogen and oxygen atoms in total. The molecule has 1 amide bonds. The highest BCUT2D eigenvalue weighted by molar-refractivity contribution is 6.05. The van der Waals surface area contributed by atoms with Gasteiger partial charge in [-0.3, -0.25) is 9.89 Å². The first-order valence-corrected chi connectivity index (χ1v) is 7.34. The number of aromatic amines is 1. The highest BCUT2D eigenvalue weighted by Crippen LogP contribution is 2.20. The van der Waals surface area contributed by atoms with E-state index < -0.39 is 0 Å². The van der Waals surface area contributed by atoms with E-state index in [0.717, 1.165) is 16.5 Å². The Balaban J connectivity index is 1.53. The first-order valence-electron chi connectivity index (χ1n) is 7.34. The molecule has 0 atom stereocenters. The summed E-state index contributed by atoms with van der Waals surface area (Å²) < 4.78 is 5.37. The number of carbonyl (C=O) groups is 1. The quantitative estimate of drug-likeness (QED) is 0.604. The average Bonchev–Trinajstić information content (AvgIpc) is 3.23. The molecule has 0 aliphatic rings. The predicted octanol–water partition coefficient (Wildman–Crippen LogP) is 3.17. The normalized spacial score (nSPS) is 10.9. The fourth-order valence-corrected chi connectivity index (χ4v) is 2.40. The van der Waals surface area contributed by atoms with E-state index >= 15 is 0 Å². The molecule has 2 aromatic heterocycles. The van der Waals surface area contributed by atoms with Gasteiger partial charge < -0.3 is 9.73 Å². The summed E-state index contributed by atoms with van der Waals surface area (Å²) in [5.74, 6) is 0.743. The van der Waals surface area contributed by atoms with Crippen molar-refractivity contribution in [1.82, 2.24) is 20.4 Å². The van der Waals surface area contributed by atoms with E-state index in [9.17, 15) is 4.79 Å². The fourth-order valence-electron chi connectivity index (χ4n) is 2.40. The van der Waals surface area contributed by atoms with Crippen molar-refractivity contribution in [3.63, 3.8) is 0 Å². The van der Waals surface area contributed by atoms with Gasteiger partial charge in [0.05, 0.1) is 11.7 Å². The van der Waals surface area contributed by atoms with E-state index in [4.69, 9.17) is 4.42 Å². The molecule has 0 saturated carbocycles. The molecule has 2 aromatic carbocycles. The van der Waals surface area contributed by atoms with Gasteiger partial charge in [0, 0.05) is 29.1 Å². The van der Waals surface area contributed by atoms with Crippen LogP contribution in [0.25, 0.3) is 22.4 Å². The summed E-state index contributed by atoms with van der Waals surface area (Å²) in [6.07, 6.45) is 1.74. The average molecular weight is 319 g/mol. The van der Waals surface area contributed by atoms with Crippen molar-refractivity contribution in [3.8, 4) is 11.5 Å². The molecular formula is C17H13N5O2. The van der Waals surface area contributed by atoms with Gasteiger partial charge in [0.2, 0.25) is 11.8 Å². The first kappa shape index (κ1) is 14.1. The van der Waals surface area contributed by atoms with Crippen molar-refractivity contribution in [2.45, 2.75) is 6.92 Å². The van der Waals surface area contributed by atoms with Gasteiger partial charge in [-0.15, -0.1) is 10.2 Å². The number of fused-ring (bicyclic) bond motifs is 1. The second-order valence-electron chi connectivity index (χ2n) is 5.33. The fraction of sp³-hybridized carbons (Fsp3) is 0.0588. The number of aryl methyl sites for hydroxylation is 1. The third-order valence-electron chi connectivity index (χ3n) is 3.62. The van der Waals surface area contributed by atoms with Gasteiger partial charge in [-0.1, -0.05) is 0 Å². The van der Waals surface area contributed by atoms with Gasteiger partial charge in [0.25, 0.3) is 5.91 Å². The minimum Gasteiger partial charge on any atom is -0.421 e. The molecular weight excluding hydrogens is 306 g/mol. The van der Waals surface area contributed by atoms with Crippen LogP contribution in [-0.4, -0.2) is 26.3 Å². The molecule has 4 rings (SSSR count). The number of anilines is 1. The van der Waals surface area contributed by atoms with Crippen molar-refractivity contribution in [1.29, 1.82) is 0 Å². The summed E-state index contributed by atoms with van der Waals surface area (Å²) in [5.41, 5.74) is 2.88. The number of hydrogen-bond donors (Lipinski definition) is 2. The van der Waals surface area contributed by atoms with Crippen LogP contribution in [0.1, 0.15) is 16.2 Å². The van der Waals surface area contributed by atoms with Crippen molar-refractivity contribution in [2.75, 3.05) is 5.32 Å². The Kier molecular flexibility index (Phi) is 3.31. The van der Waals surface area contributed by atoms with Crippen LogP contribution in [0.15, 0.2) is 53.1 Å². The van der Waals surface area contributed by atoms with Crippen LogP contribution in [0.2, 0.25) is 0 Å². The van der Waals surface area contributed by atoms with Gasteiger partial charge in [-0.2, -0.15) is 5.10 Å². The maximum atomic E-state index is 12.4. The molecule has 0 spiro atoms. The molecule has 0 bridgehead atoms. The Morgan fingerprint density at radius 2 is 1.96 bits per heavy atom. The van der Waals surface area contributed by atoms with Crippen molar-refractivity contribution in [3.05, 3.63) is 60.1 Å². The van der Waals surface area contributed by atoms with Crippen LogP contribution in [0, 0.1) is 6.92 Å². The number of carbonyl (C=O) groups excluding carboxylic acids is 1. The van der Waals surface area contributed by atoms with Crippen LogP contribution in [0.3, 0.4) is 0 Å². The van der Waals surface area contributed by atoms with Gasteiger partial charge in [0.1, 0.15) is 0 Å². The topological polar surface area (TPSA) is 96.7 Å². The molecule has 0 saturated heterocycles. The van der Waals surface area contributed by atoms with Gasteiger partial charge >= 0.3 is 0 Å². The Bertz CT molecular complexity index is 1020. The molecule has 0 fully saturated rings. The van der Waals surface area contributed by atoms with Crippen LogP contribution in [-0.2, 0) is 0 Å². The van der Waals surface area contributed by atoms with Crippen LogP contribution in [0.5, 0.6) is 0 Å². The molecule has 24 heavy (non-hydrogen) atoms. The highest BCUT2D eigenvalue weighted by atomic mass is 16.4. The summed E-state index contributed by atoms with van der Waals surface area (Å²) in [7, 11) is 0. The largest absolute Gasteiger partial charge is 0.421 e. The number of hydrogen-bond acceptors (Lipinski definition) is 5. The van der Waals surface area contributed by atoms with Crippen molar-refractivity contribution >= 4 is 22.5 Å². The Morgan fingerprint density at radius 3 is 2.71 bits per heavy atom. The number of rotatable bonds is 3. The van der Waals surface area contributed by atoms with E-state index in [-0.39, 0.29) is 5.91 Å². The van der Waals surface area contributed by atoms with E-state index in [2.05, 4.69) is 25.7 Å². The summed E-state index contributed by atoms with van der Waals surface area (Å²) in [4.78, 5) is 12.4. The number of amides is 1. The smallest absolute Gasteiger partial charge is 0.255 e. The third-order valence-corrected chi connectivity index (χ3v) is 3.62. The minimum absolute atomic E-state index is 0.192. The lowest BCUT2D eigenvalue weighted by atomic mass is 10.1. The third kappa shape index (κ3) is 2.63. The lowest BCUT2D eigenvalue weighted by molar-refractivity contribution is 0.102. The summed E-state index contributed by atoms with van der Waals surface area (Å²) in [6.45, 7) is 1.73. The number of nitrogens with zero attached hydrogens (tertiary/aromatic N) is 3. The van der Waals surface area contributed by atoms with Gasteiger partial charge in [-0.05, 0) is 42.5 Å². The summed E-state index contributed by atoms with van der Waals surface area (Å²) in [6, 6.07) is 12.6. The standard InChI is InChI=1S/C17H13N5O2/c1-10-20-22-17(24-10)12-4-2-11(3-5-12)16(23)19-14-7-6-13-9-18-21-15(13)8-14/h2-9H,1H3,(H,18,21)(H,19,23). The minimum atomic E-state index is -0.192. The molecule has 118 valence electrons. The van der Waals surface area contributed by atoms with E-state index in [1.807, 2.05) is 18.2 Å². The zero-order valence-corrected chi connectivity index (χ0v) is 12.8. The van der Waals surface area contributed by atoms with Gasteiger partial charge in [0.15, 0.2) is 0 Å². The zero-order valence-electron chi connectivity index (χ0n) is 12.8. The molecule has 0 aliphatic carbocycles. The van der Waals surface area contributed by atoms with Crippen molar-refractivity contribution in [2.24, 2.45) is 0 Å². The van der Waals surface area contributed by atoms with Crippen LogP contribution >= 0.6 is 0 Å². The molecule has 4 aromatic rings. The van der Waals surface area contributed by atoms with E-state index in [0.29, 0.717) is 23.0 Å². The first-order chi connectivity index (χ1) is 11.7. The molecule has 0 radical (unpaired) electrons. The second-order valence-corrected chi connectivity index (χ2v) is 5.33. The van der Waals surface area contributed by atoms with Crippen LogP contribution < -0.4 is 5.32 Å². The summed E-state index contributed by atoms with van der Waals surface area (Å²) in [5, 5.41) is 18.4. The van der Waals surface area contributed by atoms with Crippen molar-refractivity contribution < 1.29 is 9.21 Å². The summed E-state index contributed by atoms with van der Waals surface area (Å²) >= 11 is 0. The van der Waals surface area contributed by atoms with Gasteiger partial charge in [-0.25, -0.2) is 0 Å². The number of H-pyrrole nitrogens is 1. The Labute approximate surface area is 136 Å². The predicted molar refractivity (Wildman–Crippen MR) is 88.5 cm³/mol. The van der Waals surface area contributed by atoms with E-state index in [1.165, 1.54) is 0 Å². The Morgan fingerprint density at radius 1 is 1.12 bits per heavy atom. The second kappa shape index (κ2) is 5.62. The van der Waals surface area contributed by atoms with E-state index in [1.54, 1.807) is 37.4 Å².